The van der Waals surface area contributed by atoms with Crippen molar-refractivity contribution >= 4 is 11.8 Å². The number of hydrogen-bond donors (Lipinski definition) is 0. The highest BCUT2D eigenvalue weighted by Gasteiger charge is 1.88. The molecule has 0 heterocycles. The van der Waals surface area contributed by atoms with Crippen molar-refractivity contribution in [3.8, 4) is 0 Å². The number of hydrogen-bond acceptors (Lipinski definition) is 2. The van der Waals surface area contributed by atoms with E-state index in [2.05, 4.69) is 6.07 Å². The zero-order valence-corrected chi connectivity index (χ0v) is 6.65. The topological polar surface area (TPSA) is 9.23 Å². The van der Waals surface area contributed by atoms with Crippen LogP contribution in [0.5, 0.6) is 0 Å². The van der Waals surface area contributed by atoms with Crippen LogP contribution in [-0.2, 0) is 4.74 Å². The van der Waals surface area contributed by atoms with Gasteiger partial charge in [0.1, 0.15) is 0 Å². The smallest absolute Gasteiger partial charge is 0.0963 e. The van der Waals surface area contributed by atoms with Gasteiger partial charge in [-0.05, 0) is 12.1 Å². The first-order valence-electron chi connectivity index (χ1n) is 3.02. The van der Waals surface area contributed by atoms with Gasteiger partial charge in [0.15, 0.2) is 0 Å². The lowest BCUT2D eigenvalue weighted by molar-refractivity contribution is 0.259. The van der Waals surface area contributed by atoms with Gasteiger partial charge in [-0.2, -0.15) is 0 Å². The molecule has 0 bridgehead atoms. The van der Waals surface area contributed by atoms with Gasteiger partial charge in [0.2, 0.25) is 0 Å². The van der Waals surface area contributed by atoms with Crippen LogP contribution in [0.3, 0.4) is 0 Å². The average molecular weight is 153 g/mol. The van der Waals surface area contributed by atoms with Crippen LogP contribution in [0.2, 0.25) is 0 Å². The third-order valence-electron chi connectivity index (χ3n) is 1.01. The van der Waals surface area contributed by atoms with E-state index in [1.54, 1.807) is 18.9 Å². The SMILES string of the molecule is COCSc1[c]cccc1. The predicted octanol–water partition coefficient (Wildman–Crippen LogP) is 2.18. The Morgan fingerprint density at radius 2 is 2.50 bits per heavy atom. The Kier molecular flexibility index (Phi) is 3.33. The maximum absolute atomic E-state index is 4.89. The van der Waals surface area contributed by atoms with Gasteiger partial charge in [0.05, 0.1) is 5.94 Å². The molecule has 0 atom stereocenters. The molecule has 1 radical (unpaired) electrons. The summed E-state index contributed by atoms with van der Waals surface area (Å²) in [6.07, 6.45) is 0. The highest BCUT2D eigenvalue weighted by atomic mass is 32.2. The summed E-state index contributed by atoms with van der Waals surface area (Å²) in [7, 11) is 1.69. The Labute approximate surface area is 65.4 Å². The van der Waals surface area contributed by atoms with Crippen molar-refractivity contribution in [3.63, 3.8) is 0 Å². The maximum Gasteiger partial charge on any atom is 0.0963 e. The largest absolute Gasteiger partial charge is 0.374 e. The van der Waals surface area contributed by atoms with Crippen LogP contribution in [0.15, 0.2) is 29.2 Å². The molecule has 0 aliphatic heterocycles. The Balaban J connectivity index is 2.43. The van der Waals surface area contributed by atoms with E-state index < -0.39 is 0 Å². The van der Waals surface area contributed by atoms with Gasteiger partial charge in [-0.15, -0.1) is 0 Å². The molecule has 0 saturated carbocycles. The van der Waals surface area contributed by atoms with Gasteiger partial charge in [-0.3, -0.25) is 0 Å². The molecule has 0 fully saturated rings. The first-order valence-corrected chi connectivity index (χ1v) is 4.00. The second-order valence-corrected chi connectivity index (χ2v) is 2.74. The van der Waals surface area contributed by atoms with E-state index >= 15 is 0 Å². The van der Waals surface area contributed by atoms with E-state index in [-0.39, 0.29) is 0 Å². The maximum atomic E-state index is 4.89. The fourth-order valence-corrected chi connectivity index (χ4v) is 1.16. The van der Waals surface area contributed by atoms with Crippen LogP contribution in [0, 0.1) is 6.07 Å². The van der Waals surface area contributed by atoms with Crippen molar-refractivity contribution in [2.75, 3.05) is 13.0 Å². The van der Waals surface area contributed by atoms with E-state index in [4.69, 9.17) is 4.74 Å². The van der Waals surface area contributed by atoms with Gasteiger partial charge in [0.25, 0.3) is 0 Å². The quantitative estimate of drug-likeness (QED) is 0.486. The summed E-state index contributed by atoms with van der Waals surface area (Å²) in [6, 6.07) is 11.0. The molecule has 0 amide bonds. The minimum absolute atomic E-state index is 0.695. The zero-order valence-electron chi connectivity index (χ0n) is 5.83. The Bertz CT molecular complexity index is 174. The number of ether oxygens (including phenoxy) is 1. The molecular weight excluding hydrogens is 144 g/mol. The predicted molar refractivity (Wildman–Crippen MR) is 43.0 cm³/mol. The molecule has 0 saturated heterocycles. The molecule has 0 aliphatic rings. The van der Waals surface area contributed by atoms with E-state index in [0.717, 1.165) is 4.90 Å². The van der Waals surface area contributed by atoms with E-state index in [9.17, 15) is 0 Å². The van der Waals surface area contributed by atoms with Crippen LogP contribution in [0.4, 0.5) is 0 Å². The zero-order chi connectivity index (χ0) is 7.23. The van der Waals surface area contributed by atoms with Gasteiger partial charge < -0.3 is 4.74 Å². The second kappa shape index (κ2) is 4.36. The summed E-state index contributed by atoms with van der Waals surface area (Å²) in [4.78, 5) is 1.13. The summed E-state index contributed by atoms with van der Waals surface area (Å²) in [5, 5.41) is 0. The Morgan fingerprint density at radius 1 is 1.60 bits per heavy atom. The fraction of sp³-hybridized carbons (Fsp3) is 0.250. The van der Waals surface area contributed by atoms with Gasteiger partial charge >= 0.3 is 0 Å². The third-order valence-corrected chi connectivity index (χ3v) is 1.93. The molecule has 0 unspecified atom stereocenters. The van der Waals surface area contributed by atoms with Crippen molar-refractivity contribution in [1.82, 2.24) is 0 Å². The van der Waals surface area contributed by atoms with Crippen LogP contribution in [0.25, 0.3) is 0 Å². The molecule has 1 aromatic carbocycles. The lowest BCUT2D eigenvalue weighted by atomic mass is 10.4. The van der Waals surface area contributed by atoms with Crippen molar-refractivity contribution in [3.05, 3.63) is 30.3 Å². The normalized spacial score (nSPS) is 9.70. The molecule has 1 rings (SSSR count). The molecule has 10 heavy (non-hydrogen) atoms. The summed E-state index contributed by atoms with van der Waals surface area (Å²) in [5.74, 6) is 0.695. The summed E-state index contributed by atoms with van der Waals surface area (Å²) in [6.45, 7) is 0. The minimum atomic E-state index is 0.695. The molecule has 0 aromatic heterocycles. The molecule has 2 heteroatoms. The van der Waals surface area contributed by atoms with Gasteiger partial charge in [-0.25, -0.2) is 0 Å². The van der Waals surface area contributed by atoms with Gasteiger partial charge in [0, 0.05) is 12.0 Å². The van der Waals surface area contributed by atoms with Crippen molar-refractivity contribution in [2.24, 2.45) is 0 Å². The first-order chi connectivity index (χ1) is 4.93. The summed E-state index contributed by atoms with van der Waals surface area (Å²) in [5.41, 5.74) is 0. The van der Waals surface area contributed by atoms with E-state index in [1.807, 2.05) is 24.3 Å². The molecule has 1 nitrogen and oxygen atoms in total. The second-order valence-electron chi connectivity index (χ2n) is 1.78. The standard InChI is InChI=1S/C8H9OS/c1-9-7-10-8-5-3-2-4-6-8/h2-5H,7H2,1H3. The van der Waals surface area contributed by atoms with E-state index in [1.165, 1.54) is 0 Å². The van der Waals surface area contributed by atoms with Crippen molar-refractivity contribution in [1.29, 1.82) is 0 Å². The van der Waals surface area contributed by atoms with E-state index in [0.29, 0.717) is 5.94 Å². The van der Waals surface area contributed by atoms with Crippen LogP contribution >= 0.6 is 11.8 Å². The van der Waals surface area contributed by atoms with Crippen molar-refractivity contribution in [2.45, 2.75) is 4.90 Å². The third kappa shape index (κ3) is 2.42. The number of rotatable bonds is 3. The van der Waals surface area contributed by atoms with Crippen molar-refractivity contribution < 1.29 is 4.74 Å². The first kappa shape index (κ1) is 7.63. The summed E-state index contributed by atoms with van der Waals surface area (Å²) >= 11 is 1.64. The van der Waals surface area contributed by atoms with Crippen LogP contribution < -0.4 is 0 Å². The molecule has 0 aliphatic carbocycles. The molecule has 53 valence electrons. The molecule has 1 aromatic rings. The molecule has 0 N–H and O–H groups in total. The Morgan fingerprint density at radius 3 is 3.10 bits per heavy atom. The monoisotopic (exact) mass is 153 g/mol. The van der Waals surface area contributed by atoms with Crippen LogP contribution in [-0.4, -0.2) is 13.0 Å². The minimum Gasteiger partial charge on any atom is -0.374 e. The summed E-state index contributed by atoms with van der Waals surface area (Å²) < 4.78 is 4.89. The van der Waals surface area contributed by atoms with Gasteiger partial charge in [-0.1, -0.05) is 30.0 Å². The Hall–Kier alpha value is -0.470. The lowest BCUT2D eigenvalue weighted by Crippen LogP contribution is -1.79. The highest BCUT2D eigenvalue weighted by molar-refractivity contribution is 7.99. The highest BCUT2D eigenvalue weighted by Crippen LogP contribution is 2.15. The van der Waals surface area contributed by atoms with Crippen LogP contribution in [0.1, 0.15) is 0 Å². The molecule has 0 spiro atoms. The lowest BCUT2D eigenvalue weighted by Gasteiger charge is -1.96. The average Bonchev–Trinajstić information content (AvgIpc) is 2.03. The number of methoxy groups -OCH3 is 1. The number of thioether (sulfide) groups is 1. The number of benzene rings is 1. The fourth-order valence-electron chi connectivity index (χ4n) is 0.589. The molecular formula is C8H9OS.